The van der Waals surface area contributed by atoms with Crippen molar-refractivity contribution in [1.82, 2.24) is 29.5 Å². The SMILES string of the molecule is Cc1nc(C)n(CC(=O)N2CCOc3ccc(CN4CCN(C)C[C@@H]4c4ccccc4)cc3C2)n1. The second-order valence-corrected chi connectivity index (χ2v) is 9.63. The highest BCUT2D eigenvalue weighted by molar-refractivity contribution is 5.76. The van der Waals surface area contributed by atoms with Gasteiger partial charge in [0, 0.05) is 44.3 Å². The molecule has 184 valence electrons. The van der Waals surface area contributed by atoms with Crippen LogP contribution in [0.5, 0.6) is 5.75 Å². The summed E-state index contributed by atoms with van der Waals surface area (Å²) in [4.78, 5) is 24.2. The maximum atomic E-state index is 13.1. The Morgan fingerprint density at radius 1 is 1.09 bits per heavy atom. The molecule has 5 rings (SSSR count). The van der Waals surface area contributed by atoms with Gasteiger partial charge in [-0.25, -0.2) is 9.67 Å². The normalized spacial score (nSPS) is 19.2. The molecule has 0 saturated carbocycles. The number of hydrogen-bond acceptors (Lipinski definition) is 6. The molecule has 0 bridgehead atoms. The van der Waals surface area contributed by atoms with Crippen LogP contribution in [0.4, 0.5) is 0 Å². The summed E-state index contributed by atoms with van der Waals surface area (Å²) in [7, 11) is 2.20. The fourth-order valence-electron chi connectivity index (χ4n) is 5.07. The van der Waals surface area contributed by atoms with E-state index in [-0.39, 0.29) is 12.5 Å². The van der Waals surface area contributed by atoms with Gasteiger partial charge in [-0.2, -0.15) is 5.10 Å². The van der Waals surface area contributed by atoms with Crippen LogP contribution in [0.1, 0.15) is 34.4 Å². The van der Waals surface area contributed by atoms with Crippen molar-refractivity contribution >= 4 is 5.91 Å². The lowest BCUT2D eigenvalue weighted by atomic mass is 10.0. The topological polar surface area (TPSA) is 66.7 Å². The van der Waals surface area contributed by atoms with E-state index in [2.05, 4.69) is 75.5 Å². The number of benzene rings is 2. The van der Waals surface area contributed by atoms with Gasteiger partial charge in [0.1, 0.15) is 30.5 Å². The summed E-state index contributed by atoms with van der Waals surface area (Å²) >= 11 is 0. The van der Waals surface area contributed by atoms with E-state index >= 15 is 0 Å². The van der Waals surface area contributed by atoms with E-state index in [1.54, 1.807) is 4.68 Å². The van der Waals surface area contributed by atoms with E-state index in [0.717, 1.165) is 43.3 Å². The number of piperazine rings is 1. The third-order valence-corrected chi connectivity index (χ3v) is 6.97. The number of likely N-dealkylation sites (N-methyl/N-ethyl adjacent to an activating group) is 1. The first-order valence-electron chi connectivity index (χ1n) is 12.3. The number of ether oxygens (including phenoxy) is 1. The van der Waals surface area contributed by atoms with Crippen LogP contribution < -0.4 is 4.74 Å². The lowest BCUT2D eigenvalue weighted by Crippen LogP contribution is -2.46. The summed E-state index contributed by atoms with van der Waals surface area (Å²) in [5.74, 6) is 2.34. The summed E-state index contributed by atoms with van der Waals surface area (Å²) in [6.07, 6.45) is 0. The first-order valence-corrected chi connectivity index (χ1v) is 12.3. The monoisotopic (exact) mass is 474 g/mol. The maximum absolute atomic E-state index is 13.1. The van der Waals surface area contributed by atoms with Crippen molar-refractivity contribution in [3.8, 4) is 5.75 Å². The Balaban J connectivity index is 1.32. The lowest BCUT2D eigenvalue weighted by molar-refractivity contribution is -0.132. The molecule has 3 heterocycles. The highest BCUT2D eigenvalue weighted by Gasteiger charge is 2.27. The molecule has 3 aromatic rings. The zero-order chi connectivity index (χ0) is 24.4. The predicted molar refractivity (Wildman–Crippen MR) is 134 cm³/mol. The first-order chi connectivity index (χ1) is 17.0. The van der Waals surface area contributed by atoms with Crippen LogP contribution in [0.2, 0.25) is 0 Å². The van der Waals surface area contributed by atoms with Crippen molar-refractivity contribution in [2.75, 3.05) is 39.8 Å². The minimum Gasteiger partial charge on any atom is -0.491 e. The molecule has 0 spiro atoms. The van der Waals surface area contributed by atoms with E-state index in [0.29, 0.717) is 31.6 Å². The predicted octanol–water partition coefficient (Wildman–Crippen LogP) is 2.80. The molecule has 1 aromatic heterocycles. The Morgan fingerprint density at radius 2 is 1.91 bits per heavy atom. The first kappa shape index (κ1) is 23.5. The van der Waals surface area contributed by atoms with Crippen molar-refractivity contribution in [1.29, 1.82) is 0 Å². The second kappa shape index (κ2) is 10.2. The fraction of sp³-hybridized carbons (Fsp3) is 0.444. The fourth-order valence-corrected chi connectivity index (χ4v) is 5.07. The molecule has 2 aromatic carbocycles. The molecule has 8 nitrogen and oxygen atoms in total. The standard InChI is InChI=1S/C27H34N6O2/c1-20-28-21(2)33(29-20)19-27(34)32-13-14-35-26-10-9-22(15-24(26)17-32)16-31-12-11-30(3)18-25(31)23-7-5-4-6-8-23/h4-10,15,25H,11-14,16-19H2,1-3H3/t25-/m1/s1. The molecule has 1 fully saturated rings. The van der Waals surface area contributed by atoms with Crippen LogP contribution in [0, 0.1) is 13.8 Å². The summed E-state index contributed by atoms with van der Waals surface area (Å²) in [5, 5.41) is 4.35. The van der Waals surface area contributed by atoms with Gasteiger partial charge in [-0.15, -0.1) is 0 Å². The average Bonchev–Trinajstić information content (AvgIpc) is 3.04. The maximum Gasteiger partial charge on any atom is 0.244 e. The molecular formula is C27H34N6O2. The number of rotatable bonds is 5. The number of aromatic nitrogens is 3. The molecular weight excluding hydrogens is 440 g/mol. The van der Waals surface area contributed by atoms with Crippen molar-refractivity contribution in [3.05, 3.63) is 76.9 Å². The van der Waals surface area contributed by atoms with Crippen LogP contribution >= 0.6 is 0 Å². The van der Waals surface area contributed by atoms with Crippen molar-refractivity contribution < 1.29 is 9.53 Å². The molecule has 0 radical (unpaired) electrons. The Hall–Kier alpha value is -3.23. The van der Waals surface area contributed by atoms with Crippen molar-refractivity contribution in [2.24, 2.45) is 0 Å². The Labute approximate surface area is 207 Å². The quantitative estimate of drug-likeness (QED) is 0.567. The van der Waals surface area contributed by atoms with Crippen LogP contribution in [-0.2, 0) is 24.4 Å². The molecule has 2 aliphatic rings. The summed E-state index contributed by atoms with van der Waals surface area (Å²) in [5.41, 5.74) is 3.66. The Kier molecular flexibility index (Phi) is 6.83. The van der Waals surface area contributed by atoms with Crippen LogP contribution in [0.3, 0.4) is 0 Å². The minimum atomic E-state index is 0.0306. The number of fused-ring (bicyclic) bond motifs is 1. The van der Waals surface area contributed by atoms with Crippen LogP contribution in [0.25, 0.3) is 0 Å². The van der Waals surface area contributed by atoms with Crippen molar-refractivity contribution in [3.63, 3.8) is 0 Å². The van der Waals surface area contributed by atoms with Gasteiger partial charge in [0.25, 0.3) is 0 Å². The van der Waals surface area contributed by atoms with Gasteiger partial charge >= 0.3 is 0 Å². The Morgan fingerprint density at radius 3 is 2.69 bits per heavy atom. The van der Waals surface area contributed by atoms with Gasteiger partial charge < -0.3 is 14.5 Å². The molecule has 2 aliphatic heterocycles. The van der Waals surface area contributed by atoms with E-state index in [9.17, 15) is 4.79 Å². The third kappa shape index (κ3) is 5.39. The number of hydrogen-bond donors (Lipinski definition) is 0. The van der Waals surface area contributed by atoms with Crippen LogP contribution in [-0.4, -0.2) is 75.2 Å². The molecule has 1 atom stereocenters. The lowest BCUT2D eigenvalue weighted by Gasteiger charge is -2.40. The second-order valence-electron chi connectivity index (χ2n) is 9.63. The molecule has 35 heavy (non-hydrogen) atoms. The third-order valence-electron chi connectivity index (χ3n) is 6.97. The van der Waals surface area contributed by atoms with Gasteiger partial charge in [0.05, 0.1) is 6.54 Å². The molecule has 1 saturated heterocycles. The molecule has 0 aliphatic carbocycles. The summed E-state index contributed by atoms with van der Waals surface area (Å²) < 4.78 is 7.69. The average molecular weight is 475 g/mol. The molecule has 8 heteroatoms. The number of nitrogens with zero attached hydrogens (tertiary/aromatic N) is 6. The zero-order valence-electron chi connectivity index (χ0n) is 20.9. The highest BCUT2D eigenvalue weighted by Crippen LogP contribution is 2.29. The van der Waals surface area contributed by atoms with Gasteiger partial charge in [-0.05, 0) is 44.2 Å². The number of amides is 1. The zero-order valence-corrected chi connectivity index (χ0v) is 20.9. The number of carbonyl (C=O) groups excluding carboxylic acids is 1. The molecule has 1 amide bonds. The van der Waals surface area contributed by atoms with Gasteiger partial charge in [0.15, 0.2) is 0 Å². The Bertz CT molecular complexity index is 1180. The summed E-state index contributed by atoms with van der Waals surface area (Å²) in [6, 6.07) is 17.6. The highest BCUT2D eigenvalue weighted by atomic mass is 16.5. The van der Waals surface area contributed by atoms with E-state index in [1.165, 1.54) is 11.1 Å². The molecule has 0 N–H and O–H groups in total. The van der Waals surface area contributed by atoms with E-state index < -0.39 is 0 Å². The number of carbonyl (C=O) groups is 1. The smallest absolute Gasteiger partial charge is 0.244 e. The van der Waals surface area contributed by atoms with Gasteiger partial charge in [-0.3, -0.25) is 9.69 Å². The molecule has 0 unspecified atom stereocenters. The van der Waals surface area contributed by atoms with Gasteiger partial charge in [0.2, 0.25) is 5.91 Å². The van der Waals surface area contributed by atoms with Crippen molar-refractivity contribution in [2.45, 2.75) is 39.5 Å². The largest absolute Gasteiger partial charge is 0.491 e. The van der Waals surface area contributed by atoms with Crippen LogP contribution in [0.15, 0.2) is 48.5 Å². The summed E-state index contributed by atoms with van der Waals surface area (Å²) in [6.45, 7) is 9.46. The van der Waals surface area contributed by atoms with E-state index in [4.69, 9.17) is 4.74 Å². The number of aryl methyl sites for hydroxylation is 2. The van der Waals surface area contributed by atoms with Gasteiger partial charge in [-0.1, -0.05) is 36.4 Å². The minimum absolute atomic E-state index is 0.0306. The van der Waals surface area contributed by atoms with E-state index in [1.807, 2.05) is 18.7 Å².